The number of nitrogens with zero attached hydrogens (tertiary/aromatic N) is 2. The SMILES string of the molecule is N#CCS(=O)(=O)N1CCCC(N)C1. The van der Waals surface area contributed by atoms with Gasteiger partial charge in [0.1, 0.15) is 0 Å². The van der Waals surface area contributed by atoms with E-state index in [2.05, 4.69) is 0 Å². The standard InChI is InChI=1S/C7H13N3O2S/c8-3-5-13(11,12)10-4-1-2-7(9)6-10/h7H,1-2,4-6,9H2. The van der Waals surface area contributed by atoms with E-state index in [1.807, 2.05) is 0 Å². The molecule has 74 valence electrons. The maximum absolute atomic E-state index is 11.4. The molecule has 1 atom stereocenters. The van der Waals surface area contributed by atoms with Crippen LogP contribution in [0, 0.1) is 11.3 Å². The van der Waals surface area contributed by atoms with Gasteiger partial charge in [-0.1, -0.05) is 0 Å². The summed E-state index contributed by atoms with van der Waals surface area (Å²) in [5, 5.41) is 8.31. The van der Waals surface area contributed by atoms with E-state index in [1.165, 1.54) is 4.31 Å². The molecule has 0 radical (unpaired) electrons. The van der Waals surface area contributed by atoms with Crippen LogP contribution in [0.1, 0.15) is 12.8 Å². The average molecular weight is 203 g/mol. The summed E-state index contributed by atoms with van der Waals surface area (Å²) in [6, 6.07) is 1.57. The first-order chi connectivity index (χ1) is 6.06. The van der Waals surface area contributed by atoms with E-state index in [0.29, 0.717) is 13.1 Å². The molecule has 1 saturated heterocycles. The maximum atomic E-state index is 11.4. The molecule has 0 aromatic rings. The van der Waals surface area contributed by atoms with Gasteiger partial charge in [-0.15, -0.1) is 0 Å². The third-order valence-electron chi connectivity index (χ3n) is 2.06. The molecule has 0 aromatic heterocycles. The van der Waals surface area contributed by atoms with Gasteiger partial charge in [0.2, 0.25) is 10.0 Å². The Bertz CT molecular complexity index is 306. The largest absolute Gasteiger partial charge is 0.327 e. The van der Waals surface area contributed by atoms with Gasteiger partial charge in [-0.25, -0.2) is 8.42 Å². The highest BCUT2D eigenvalue weighted by Crippen LogP contribution is 2.12. The van der Waals surface area contributed by atoms with Crippen molar-refractivity contribution in [3.63, 3.8) is 0 Å². The van der Waals surface area contributed by atoms with E-state index < -0.39 is 15.8 Å². The highest BCUT2D eigenvalue weighted by molar-refractivity contribution is 7.89. The third-order valence-corrected chi connectivity index (χ3v) is 3.67. The van der Waals surface area contributed by atoms with Gasteiger partial charge >= 0.3 is 0 Å². The van der Waals surface area contributed by atoms with Crippen molar-refractivity contribution in [3.05, 3.63) is 0 Å². The third kappa shape index (κ3) is 2.66. The van der Waals surface area contributed by atoms with Gasteiger partial charge in [0.15, 0.2) is 5.75 Å². The van der Waals surface area contributed by atoms with Crippen LogP contribution >= 0.6 is 0 Å². The van der Waals surface area contributed by atoms with Gasteiger partial charge in [0.05, 0.1) is 6.07 Å². The minimum atomic E-state index is -3.37. The fraction of sp³-hybridized carbons (Fsp3) is 0.857. The number of hydrogen-bond donors (Lipinski definition) is 1. The number of rotatable bonds is 2. The second-order valence-electron chi connectivity index (χ2n) is 3.17. The van der Waals surface area contributed by atoms with Crippen molar-refractivity contribution in [1.29, 1.82) is 5.26 Å². The van der Waals surface area contributed by atoms with Crippen molar-refractivity contribution in [2.24, 2.45) is 5.73 Å². The monoisotopic (exact) mass is 203 g/mol. The quantitative estimate of drug-likeness (QED) is 0.640. The smallest absolute Gasteiger partial charge is 0.227 e. The van der Waals surface area contributed by atoms with Crippen LogP contribution in [0.5, 0.6) is 0 Å². The van der Waals surface area contributed by atoms with Crippen LogP contribution in [-0.4, -0.2) is 37.6 Å². The lowest BCUT2D eigenvalue weighted by Gasteiger charge is -2.28. The summed E-state index contributed by atoms with van der Waals surface area (Å²) in [7, 11) is -3.37. The zero-order valence-corrected chi connectivity index (χ0v) is 8.13. The van der Waals surface area contributed by atoms with E-state index in [0.717, 1.165) is 12.8 Å². The van der Waals surface area contributed by atoms with Gasteiger partial charge in [-0.05, 0) is 12.8 Å². The van der Waals surface area contributed by atoms with Crippen LogP contribution < -0.4 is 5.73 Å². The number of nitrogens with two attached hydrogens (primary N) is 1. The number of piperidine rings is 1. The van der Waals surface area contributed by atoms with Crippen LogP contribution in [0.2, 0.25) is 0 Å². The highest BCUT2D eigenvalue weighted by Gasteiger charge is 2.26. The lowest BCUT2D eigenvalue weighted by atomic mass is 10.1. The molecule has 0 spiro atoms. The van der Waals surface area contributed by atoms with Crippen molar-refractivity contribution < 1.29 is 8.42 Å². The summed E-state index contributed by atoms with van der Waals surface area (Å²) in [5.41, 5.74) is 5.63. The molecule has 0 bridgehead atoms. The minimum absolute atomic E-state index is 0.0813. The first kappa shape index (κ1) is 10.4. The molecule has 1 unspecified atom stereocenters. The first-order valence-electron chi connectivity index (χ1n) is 4.16. The Hall–Kier alpha value is -0.640. The Balaban J connectivity index is 2.66. The Morgan fingerprint density at radius 1 is 1.62 bits per heavy atom. The van der Waals surface area contributed by atoms with Crippen molar-refractivity contribution in [1.82, 2.24) is 4.31 Å². The molecule has 0 aliphatic carbocycles. The van der Waals surface area contributed by atoms with Crippen LogP contribution in [0.15, 0.2) is 0 Å². The molecule has 0 saturated carbocycles. The second-order valence-corrected chi connectivity index (χ2v) is 5.14. The van der Waals surface area contributed by atoms with Gasteiger partial charge in [0.25, 0.3) is 0 Å². The van der Waals surface area contributed by atoms with Crippen molar-refractivity contribution in [2.45, 2.75) is 18.9 Å². The number of hydrogen-bond acceptors (Lipinski definition) is 4. The second kappa shape index (κ2) is 4.05. The zero-order valence-electron chi connectivity index (χ0n) is 7.31. The fourth-order valence-electron chi connectivity index (χ4n) is 1.40. The Morgan fingerprint density at radius 3 is 2.85 bits per heavy atom. The Morgan fingerprint density at radius 2 is 2.31 bits per heavy atom. The van der Waals surface area contributed by atoms with Gasteiger partial charge in [-0.3, -0.25) is 0 Å². The molecule has 1 fully saturated rings. The zero-order chi connectivity index (χ0) is 9.90. The molecular weight excluding hydrogens is 190 g/mol. The predicted molar refractivity (Wildman–Crippen MR) is 48.2 cm³/mol. The van der Waals surface area contributed by atoms with E-state index in [4.69, 9.17) is 11.0 Å². The molecule has 0 aromatic carbocycles. The summed E-state index contributed by atoms with van der Waals surface area (Å²) in [4.78, 5) is 0. The average Bonchev–Trinajstić information content (AvgIpc) is 2.04. The molecule has 1 heterocycles. The molecular formula is C7H13N3O2S. The predicted octanol–water partition coefficient (Wildman–Crippen LogP) is -0.737. The molecule has 6 heteroatoms. The lowest BCUT2D eigenvalue weighted by Crippen LogP contribution is -2.46. The number of nitriles is 1. The first-order valence-corrected chi connectivity index (χ1v) is 5.77. The molecule has 2 N–H and O–H groups in total. The summed E-state index contributed by atoms with van der Waals surface area (Å²) in [6.45, 7) is 0.849. The lowest BCUT2D eigenvalue weighted by molar-refractivity contribution is 0.317. The van der Waals surface area contributed by atoms with Crippen LogP contribution in [0.25, 0.3) is 0 Å². The molecule has 1 aliphatic rings. The topological polar surface area (TPSA) is 87.2 Å². The summed E-state index contributed by atoms with van der Waals surface area (Å²) >= 11 is 0. The highest BCUT2D eigenvalue weighted by atomic mass is 32.2. The van der Waals surface area contributed by atoms with Crippen LogP contribution in [0.4, 0.5) is 0 Å². The van der Waals surface area contributed by atoms with Crippen LogP contribution in [-0.2, 0) is 10.0 Å². The Kier molecular flexibility index (Phi) is 3.25. The van der Waals surface area contributed by atoms with Crippen molar-refractivity contribution in [3.8, 4) is 6.07 Å². The van der Waals surface area contributed by atoms with Crippen molar-refractivity contribution >= 4 is 10.0 Å². The van der Waals surface area contributed by atoms with E-state index in [9.17, 15) is 8.42 Å². The van der Waals surface area contributed by atoms with Gasteiger partial charge < -0.3 is 5.73 Å². The molecule has 1 rings (SSSR count). The van der Waals surface area contributed by atoms with E-state index in [-0.39, 0.29) is 6.04 Å². The summed E-state index contributed by atoms with van der Waals surface area (Å²) in [6.07, 6.45) is 1.64. The molecule has 13 heavy (non-hydrogen) atoms. The minimum Gasteiger partial charge on any atom is -0.327 e. The number of sulfonamides is 1. The van der Waals surface area contributed by atoms with Gasteiger partial charge in [-0.2, -0.15) is 9.57 Å². The van der Waals surface area contributed by atoms with Crippen LogP contribution in [0.3, 0.4) is 0 Å². The van der Waals surface area contributed by atoms with E-state index in [1.54, 1.807) is 6.07 Å². The van der Waals surface area contributed by atoms with Crippen molar-refractivity contribution in [2.75, 3.05) is 18.8 Å². The fourth-order valence-corrected chi connectivity index (χ4v) is 2.57. The van der Waals surface area contributed by atoms with E-state index >= 15 is 0 Å². The molecule has 5 nitrogen and oxygen atoms in total. The van der Waals surface area contributed by atoms with Gasteiger partial charge in [0, 0.05) is 19.1 Å². The maximum Gasteiger partial charge on any atom is 0.227 e. The Labute approximate surface area is 78.2 Å². The molecule has 0 amide bonds. The summed E-state index contributed by atoms with van der Waals surface area (Å²) < 4.78 is 24.1. The summed E-state index contributed by atoms with van der Waals surface area (Å²) in [5.74, 6) is -0.445. The normalized spacial score (nSPS) is 25.4. The molecule has 1 aliphatic heterocycles.